The molecule has 0 aliphatic carbocycles. The number of non-ortho nitro benzene ring substituents is 1. The molecule has 0 aliphatic heterocycles. The number of nitro benzene ring substituents is 1. The predicted octanol–water partition coefficient (Wildman–Crippen LogP) is 3.86. The summed E-state index contributed by atoms with van der Waals surface area (Å²) in [7, 11) is 1.60. The lowest BCUT2D eigenvalue weighted by molar-refractivity contribution is -0.383. The number of aromatic amines is 1. The fraction of sp³-hybridized carbons (Fsp3) is 0.211. The highest BCUT2D eigenvalue weighted by atomic mass is 16.6. The van der Waals surface area contributed by atoms with Gasteiger partial charge in [-0.3, -0.25) is 14.9 Å². The maximum absolute atomic E-state index is 11.4. The molecule has 0 saturated heterocycles. The molecule has 134 valence electrons. The number of carbonyl (C=O) groups is 1. The van der Waals surface area contributed by atoms with Gasteiger partial charge >= 0.3 is 0 Å². The molecule has 7 nitrogen and oxygen atoms in total. The van der Waals surface area contributed by atoms with E-state index in [0.717, 1.165) is 28.0 Å². The lowest BCUT2D eigenvalue weighted by atomic mass is 10.0. The van der Waals surface area contributed by atoms with E-state index in [1.54, 1.807) is 20.1 Å². The summed E-state index contributed by atoms with van der Waals surface area (Å²) >= 11 is 0. The summed E-state index contributed by atoms with van der Waals surface area (Å²) in [5, 5.41) is 12.1. The van der Waals surface area contributed by atoms with Crippen molar-refractivity contribution in [3.8, 4) is 16.9 Å². The van der Waals surface area contributed by atoms with Gasteiger partial charge in [-0.05, 0) is 42.3 Å². The molecular weight excluding hydrogens is 336 g/mol. The molecule has 0 fully saturated rings. The summed E-state index contributed by atoms with van der Waals surface area (Å²) in [5.74, 6) is 0.737. The van der Waals surface area contributed by atoms with Crippen LogP contribution in [0, 0.1) is 10.1 Å². The summed E-state index contributed by atoms with van der Waals surface area (Å²) in [5.41, 5.74) is 3.02. The van der Waals surface area contributed by atoms with Crippen molar-refractivity contribution in [2.75, 3.05) is 7.11 Å². The molecule has 3 rings (SSSR count). The number of carbonyl (C=O) groups excluding carboxylic acids is 1. The van der Waals surface area contributed by atoms with Gasteiger partial charge < -0.3 is 14.5 Å². The zero-order valence-corrected chi connectivity index (χ0v) is 14.4. The third-order valence-corrected chi connectivity index (χ3v) is 4.22. The lowest BCUT2D eigenvalue weighted by Gasteiger charge is -2.06. The van der Waals surface area contributed by atoms with Crippen LogP contribution in [0.3, 0.4) is 0 Å². The number of rotatable bonds is 7. The smallest absolute Gasteiger partial charge is 0.293 e. The topological polar surface area (TPSA) is 94.5 Å². The van der Waals surface area contributed by atoms with Gasteiger partial charge in [0.2, 0.25) is 0 Å². The monoisotopic (exact) mass is 354 g/mol. The summed E-state index contributed by atoms with van der Waals surface area (Å²) in [4.78, 5) is 24.6. The van der Waals surface area contributed by atoms with Gasteiger partial charge in [0.15, 0.2) is 0 Å². The predicted molar refractivity (Wildman–Crippen MR) is 97.3 cm³/mol. The first-order valence-corrected chi connectivity index (χ1v) is 8.06. The van der Waals surface area contributed by atoms with Gasteiger partial charge in [-0.1, -0.05) is 12.1 Å². The Bertz CT molecular complexity index is 946. The van der Waals surface area contributed by atoms with Crippen molar-refractivity contribution in [3.63, 3.8) is 0 Å². The van der Waals surface area contributed by atoms with Crippen molar-refractivity contribution >= 4 is 23.1 Å². The van der Waals surface area contributed by atoms with Gasteiger partial charge in [-0.2, -0.15) is 0 Å². The summed E-state index contributed by atoms with van der Waals surface area (Å²) < 4.78 is 10.1. The molecule has 0 amide bonds. The van der Waals surface area contributed by atoms with Crippen LogP contribution in [0.4, 0.5) is 5.69 Å². The van der Waals surface area contributed by atoms with Crippen LogP contribution in [0.15, 0.2) is 42.5 Å². The van der Waals surface area contributed by atoms with E-state index in [0.29, 0.717) is 18.4 Å². The minimum Gasteiger partial charge on any atom is -0.497 e. The molecular formula is C19H18N2O5. The van der Waals surface area contributed by atoms with Crippen molar-refractivity contribution in [3.05, 3.63) is 58.3 Å². The molecule has 0 spiro atoms. The Morgan fingerprint density at radius 2 is 1.96 bits per heavy atom. The van der Waals surface area contributed by atoms with Crippen LogP contribution in [0.1, 0.15) is 12.6 Å². The number of methoxy groups -OCH3 is 1. The first kappa shape index (κ1) is 17.5. The van der Waals surface area contributed by atoms with Gasteiger partial charge in [-0.15, -0.1) is 0 Å². The highest BCUT2D eigenvalue weighted by Gasteiger charge is 2.19. The molecule has 7 heteroatoms. The van der Waals surface area contributed by atoms with Crippen LogP contribution < -0.4 is 4.74 Å². The Kier molecular flexibility index (Phi) is 4.88. The number of nitro groups is 1. The fourth-order valence-electron chi connectivity index (χ4n) is 3.00. The van der Waals surface area contributed by atoms with Crippen molar-refractivity contribution in [2.24, 2.45) is 0 Å². The van der Waals surface area contributed by atoms with E-state index < -0.39 is 4.92 Å². The molecule has 0 aliphatic rings. The molecule has 3 aromatic rings. The molecule has 0 radical (unpaired) electrons. The molecule has 0 saturated carbocycles. The average molecular weight is 354 g/mol. The molecule has 1 heterocycles. The van der Waals surface area contributed by atoms with Crippen LogP contribution in [-0.2, 0) is 16.0 Å². The van der Waals surface area contributed by atoms with Gasteiger partial charge in [0.1, 0.15) is 17.4 Å². The molecule has 26 heavy (non-hydrogen) atoms. The number of nitrogens with zero attached hydrogens (tertiary/aromatic N) is 1. The number of fused-ring (bicyclic) bond motifs is 1. The second kappa shape index (κ2) is 7.26. The molecule has 0 bridgehead atoms. The third-order valence-electron chi connectivity index (χ3n) is 4.22. The zero-order valence-electron chi connectivity index (χ0n) is 14.4. The fourth-order valence-corrected chi connectivity index (χ4v) is 3.00. The Hall–Kier alpha value is -3.35. The van der Waals surface area contributed by atoms with E-state index in [2.05, 4.69) is 4.98 Å². The molecule has 1 aromatic heterocycles. The van der Waals surface area contributed by atoms with Crippen molar-refractivity contribution in [2.45, 2.75) is 19.4 Å². The van der Waals surface area contributed by atoms with Crippen LogP contribution in [0.5, 0.6) is 5.75 Å². The Balaban J connectivity index is 2.11. The SMILES string of the molecule is COc1ccc(-c2ccc([N+](=O)[O-])c3[nH]c(CC(C)OC=O)cc23)cc1. The maximum atomic E-state index is 11.4. The van der Waals surface area contributed by atoms with Crippen molar-refractivity contribution in [1.29, 1.82) is 0 Å². The van der Waals surface area contributed by atoms with E-state index >= 15 is 0 Å². The Morgan fingerprint density at radius 3 is 2.58 bits per heavy atom. The summed E-state index contributed by atoms with van der Waals surface area (Å²) in [6, 6.07) is 12.6. The largest absolute Gasteiger partial charge is 0.497 e. The molecule has 1 atom stereocenters. The second-order valence-electron chi connectivity index (χ2n) is 5.95. The minimum atomic E-state index is -0.411. The number of hydrogen-bond acceptors (Lipinski definition) is 5. The molecule has 1 unspecified atom stereocenters. The molecule has 1 N–H and O–H groups in total. The van der Waals surface area contributed by atoms with Gasteiger partial charge in [0, 0.05) is 23.6 Å². The van der Waals surface area contributed by atoms with Gasteiger partial charge in [-0.25, -0.2) is 0 Å². The summed E-state index contributed by atoms with van der Waals surface area (Å²) in [6.45, 7) is 2.16. The Labute approximate surface area is 149 Å². The number of aromatic nitrogens is 1. The van der Waals surface area contributed by atoms with Crippen LogP contribution in [0.25, 0.3) is 22.0 Å². The van der Waals surface area contributed by atoms with E-state index in [1.807, 2.05) is 30.3 Å². The van der Waals surface area contributed by atoms with Gasteiger partial charge in [0.05, 0.1) is 12.0 Å². The zero-order chi connectivity index (χ0) is 18.7. The summed E-state index contributed by atoms with van der Waals surface area (Å²) in [6.07, 6.45) is 0.108. The highest BCUT2D eigenvalue weighted by Crippen LogP contribution is 2.35. The minimum absolute atomic E-state index is 0.00692. The third kappa shape index (κ3) is 3.37. The molecule has 2 aromatic carbocycles. The van der Waals surface area contributed by atoms with Crippen molar-refractivity contribution < 1.29 is 19.2 Å². The van der Waals surface area contributed by atoms with Crippen LogP contribution >= 0.6 is 0 Å². The highest BCUT2D eigenvalue weighted by molar-refractivity contribution is 6.00. The maximum Gasteiger partial charge on any atom is 0.293 e. The first-order valence-electron chi connectivity index (χ1n) is 8.06. The average Bonchev–Trinajstić information content (AvgIpc) is 3.04. The van der Waals surface area contributed by atoms with Crippen LogP contribution in [0.2, 0.25) is 0 Å². The van der Waals surface area contributed by atoms with E-state index in [4.69, 9.17) is 9.47 Å². The number of hydrogen-bond donors (Lipinski definition) is 1. The van der Waals surface area contributed by atoms with E-state index in [9.17, 15) is 14.9 Å². The number of benzene rings is 2. The lowest BCUT2D eigenvalue weighted by Crippen LogP contribution is -2.10. The number of ether oxygens (including phenoxy) is 2. The standard InChI is InChI=1S/C19H18N2O5/c1-12(26-11-22)9-14-10-17-16(13-3-5-15(25-2)6-4-13)7-8-18(21(23)24)19(17)20-14/h3-8,10-12,20H,9H2,1-2H3. The Morgan fingerprint density at radius 1 is 1.23 bits per heavy atom. The number of H-pyrrole nitrogens is 1. The van der Waals surface area contributed by atoms with Crippen molar-refractivity contribution in [1.82, 2.24) is 4.98 Å². The van der Waals surface area contributed by atoms with E-state index in [-0.39, 0.29) is 11.8 Å². The second-order valence-corrected chi connectivity index (χ2v) is 5.95. The first-order chi connectivity index (χ1) is 12.5. The van der Waals surface area contributed by atoms with Crippen LogP contribution in [-0.4, -0.2) is 29.6 Å². The van der Waals surface area contributed by atoms with Gasteiger partial charge in [0.25, 0.3) is 12.2 Å². The normalized spacial score (nSPS) is 11.9. The quantitative estimate of drug-likeness (QED) is 0.395. The number of nitrogens with one attached hydrogen (secondary N) is 1. The van der Waals surface area contributed by atoms with E-state index in [1.165, 1.54) is 6.07 Å².